The zero-order valence-corrected chi connectivity index (χ0v) is 20.4. The summed E-state index contributed by atoms with van der Waals surface area (Å²) in [7, 11) is 0. The maximum absolute atomic E-state index is 12.6. The van der Waals surface area contributed by atoms with E-state index in [1.54, 1.807) is 6.08 Å². The number of rotatable bonds is 9. The Morgan fingerprint density at radius 3 is 2.44 bits per heavy atom. The van der Waals surface area contributed by atoms with Gasteiger partial charge in [-0.3, -0.25) is 10.2 Å². The number of fused-ring (bicyclic) bond motifs is 1. The van der Waals surface area contributed by atoms with Crippen molar-refractivity contribution in [2.24, 2.45) is 16.0 Å². The van der Waals surface area contributed by atoms with Gasteiger partial charge in [-0.05, 0) is 73.0 Å². The number of nitrogens with one attached hydrogen (secondary N) is 1. The second kappa shape index (κ2) is 10.7. The van der Waals surface area contributed by atoms with Gasteiger partial charge in [0.15, 0.2) is 5.84 Å². The van der Waals surface area contributed by atoms with Crippen molar-refractivity contribution in [2.75, 3.05) is 13.2 Å². The van der Waals surface area contributed by atoms with Crippen LogP contribution in [0.3, 0.4) is 0 Å². The molecular formula is C26H28N4O3S. The molecule has 0 unspecified atom stereocenters. The van der Waals surface area contributed by atoms with E-state index >= 15 is 0 Å². The molecule has 176 valence electrons. The first-order chi connectivity index (χ1) is 16.5. The number of hydrazone groups is 1. The third-order valence-corrected chi connectivity index (χ3v) is 6.68. The number of nitrogens with zero attached hydrogens (tertiary/aromatic N) is 3. The van der Waals surface area contributed by atoms with Gasteiger partial charge >= 0.3 is 0 Å². The van der Waals surface area contributed by atoms with Crippen LogP contribution in [-0.4, -0.2) is 40.2 Å². The molecule has 1 N–H and O–H groups in total. The standard InChI is InChI=1S/C26H28N4O3S/c1-4-19(5-2)25-29-30-23(27)22(24(31)28-26(30)34-25)16-18-9-11-20(12-10-18)32-13-14-33-21-8-6-7-17(3)15-21/h6-12,15-16,19,27H,4-5,13-14H2,1-3H3/b22-16-,27-23?. The first-order valence-electron chi connectivity index (χ1n) is 11.4. The number of benzene rings is 2. The number of amidine groups is 2. The number of hydrogen-bond acceptors (Lipinski definition) is 6. The van der Waals surface area contributed by atoms with Crippen LogP contribution in [0.15, 0.2) is 64.2 Å². The van der Waals surface area contributed by atoms with Crippen LogP contribution >= 0.6 is 11.8 Å². The largest absolute Gasteiger partial charge is 0.490 e. The Morgan fingerprint density at radius 1 is 1.06 bits per heavy atom. The Hall–Kier alpha value is -3.39. The average molecular weight is 477 g/mol. The molecule has 2 aliphatic rings. The van der Waals surface area contributed by atoms with Crippen LogP contribution in [0.4, 0.5) is 0 Å². The Bertz CT molecular complexity index is 1170. The van der Waals surface area contributed by atoms with Crippen LogP contribution in [0.2, 0.25) is 0 Å². The van der Waals surface area contributed by atoms with E-state index in [2.05, 4.69) is 23.9 Å². The van der Waals surface area contributed by atoms with Gasteiger partial charge in [-0.1, -0.05) is 38.1 Å². The van der Waals surface area contributed by atoms with Gasteiger partial charge < -0.3 is 9.47 Å². The normalized spacial score (nSPS) is 16.6. The minimum atomic E-state index is -0.418. The molecule has 0 saturated heterocycles. The van der Waals surface area contributed by atoms with Gasteiger partial charge in [0, 0.05) is 5.92 Å². The second-order valence-corrected chi connectivity index (χ2v) is 9.04. The molecule has 0 fully saturated rings. The Labute approximate surface area is 204 Å². The number of aryl methyl sites for hydroxylation is 1. The van der Waals surface area contributed by atoms with Crippen molar-refractivity contribution in [1.29, 1.82) is 5.41 Å². The molecule has 2 aromatic rings. The molecule has 0 atom stereocenters. The van der Waals surface area contributed by atoms with Crippen molar-refractivity contribution in [1.82, 2.24) is 5.01 Å². The van der Waals surface area contributed by atoms with Gasteiger partial charge in [-0.15, -0.1) is 0 Å². The molecular weight excluding hydrogens is 448 g/mol. The molecule has 0 aromatic heterocycles. The summed E-state index contributed by atoms with van der Waals surface area (Å²) in [5.74, 6) is 1.47. The highest BCUT2D eigenvalue weighted by atomic mass is 32.2. The molecule has 0 saturated carbocycles. The van der Waals surface area contributed by atoms with Crippen molar-refractivity contribution in [3.8, 4) is 11.5 Å². The first-order valence-corrected chi connectivity index (χ1v) is 12.2. The molecule has 0 bridgehead atoms. The van der Waals surface area contributed by atoms with E-state index in [0.29, 0.717) is 30.0 Å². The molecule has 0 aliphatic carbocycles. The Kier molecular flexibility index (Phi) is 7.47. The van der Waals surface area contributed by atoms with Crippen molar-refractivity contribution >= 4 is 39.8 Å². The maximum Gasteiger partial charge on any atom is 0.283 e. The number of aliphatic imine (C=N–C) groups is 1. The topological polar surface area (TPSA) is 87.3 Å². The minimum absolute atomic E-state index is 0.0529. The van der Waals surface area contributed by atoms with Crippen LogP contribution in [0.1, 0.15) is 37.8 Å². The summed E-state index contributed by atoms with van der Waals surface area (Å²) in [6.45, 7) is 7.11. The first kappa shape index (κ1) is 23.8. The van der Waals surface area contributed by atoms with Gasteiger partial charge in [0.1, 0.15) is 29.8 Å². The van der Waals surface area contributed by atoms with E-state index < -0.39 is 5.91 Å². The summed E-state index contributed by atoms with van der Waals surface area (Å²) in [4.78, 5) is 16.8. The van der Waals surface area contributed by atoms with Crippen LogP contribution in [0.25, 0.3) is 6.08 Å². The molecule has 0 radical (unpaired) electrons. The number of thioether (sulfide) groups is 1. The van der Waals surface area contributed by atoms with Gasteiger partial charge in [-0.2, -0.15) is 15.1 Å². The lowest BCUT2D eigenvalue weighted by Gasteiger charge is -2.20. The number of carbonyl (C=O) groups is 1. The molecule has 2 heterocycles. The molecule has 0 spiro atoms. The fourth-order valence-corrected chi connectivity index (χ4v) is 4.82. The van der Waals surface area contributed by atoms with Gasteiger partial charge in [0.2, 0.25) is 5.17 Å². The molecule has 2 aliphatic heterocycles. The molecule has 2 aromatic carbocycles. The highest BCUT2D eigenvalue weighted by Crippen LogP contribution is 2.33. The lowest BCUT2D eigenvalue weighted by atomic mass is 10.1. The summed E-state index contributed by atoms with van der Waals surface area (Å²) < 4.78 is 11.5. The van der Waals surface area contributed by atoms with E-state index in [0.717, 1.165) is 34.8 Å². The zero-order chi connectivity index (χ0) is 24.1. The molecule has 1 amide bonds. The van der Waals surface area contributed by atoms with Crippen LogP contribution in [0.5, 0.6) is 11.5 Å². The number of carbonyl (C=O) groups excluding carboxylic acids is 1. The quantitative estimate of drug-likeness (QED) is 0.381. The van der Waals surface area contributed by atoms with Crippen LogP contribution in [-0.2, 0) is 4.79 Å². The monoisotopic (exact) mass is 476 g/mol. The molecule has 34 heavy (non-hydrogen) atoms. The minimum Gasteiger partial charge on any atom is -0.490 e. The highest BCUT2D eigenvalue weighted by molar-refractivity contribution is 8.27. The molecule has 7 nitrogen and oxygen atoms in total. The predicted molar refractivity (Wildman–Crippen MR) is 138 cm³/mol. The average Bonchev–Trinajstić information content (AvgIpc) is 3.25. The second-order valence-electron chi connectivity index (χ2n) is 8.05. The maximum atomic E-state index is 12.6. The lowest BCUT2D eigenvalue weighted by Crippen LogP contribution is -2.35. The van der Waals surface area contributed by atoms with Crippen LogP contribution in [0, 0.1) is 18.3 Å². The van der Waals surface area contributed by atoms with Crippen molar-refractivity contribution < 1.29 is 14.3 Å². The Morgan fingerprint density at radius 2 is 1.76 bits per heavy atom. The van der Waals surface area contributed by atoms with Gasteiger partial charge in [-0.25, -0.2) is 0 Å². The van der Waals surface area contributed by atoms with E-state index in [4.69, 9.17) is 14.9 Å². The number of amides is 1. The number of ether oxygens (including phenoxy) is 2. The fourth-order valence-electron chi connectivity index (χ4n) is 3.66. The fraction of sp³-hybridized carbons (Fsp3) is 0.308. The third kappa shape index (κ3) is 5.39. The van der Waals surface area contributed by atoms with Gasteiger partial charge in [0.25, 0.3) is 5.91 Å². The summed E-state index contributed by atoms with van der Waals surface area (Å²) >= 11 is 1.39. The summed E-state index contributed by atoms with van der Waals surface area (Å²) in [5.41, 5.74) is 2.15. The van der Waals surface area contributed by atoms with Crippen LogP contribution < -0.4 is 9.47 Å². The highest BCUT2D eigenvalue weighted by Gasteiger charge is 2.37. The van der Waals surface area contributed by atoms with Gasteiger partial charge in [0.05, 0.1) is 5.57 Å². The third-order valence-electron chi connectivity index (χ3n) is 5.61. The smallest absolute Gasteiger partial charge is 0.283 e. The summed E-state index contributed by atoms with van der Waals surface area (Å²) in [5, 5.41) is 16.0. The predicted octanol–water partition coefficient (Wildman–Crippen LogP) is 5.51. The SMILES string of the molecule is CCC(CC)C1=NN2C(=N)/C(=C/c3ccc(OCCOc4cccc(C)c4)cc3)C(=O)N=C2S1. The molecule has 8 heteroatoms. The van der Waals surface area contributed by atoms with E-state index in [1.807, 2.05) is 55.5 Å². The molecule has 4 rings (SSSR count). The van der Waals surface area contributed by atoms with E-state index in [1.165, 1.54) is 16.8 Å². The zero-order valence-electron chi connectivity index (χ0n) is 19.6. The lowest BCUT2D eigenvalue weighted by molar-refractivity contribution is -0.114. The van der Waals surface area contributed by atoms with Crippen molar-refractivity contribution in [3.63, 3.8) is 0 Å². The van der Waals surface area contributed by atoms with Crippen molar-refractivity contribution in [2.45, 2.75) is 33.6 Å². The van der Waals surface area contributed by atoms with Crippen molar-refractivity contribution in [3.05, 3.63) is 65.2 Å². The van der Waals surface area contributed by atoms with E-state index in [9.17, 15) is 4.79 Å². The Balaban J connectivity index is 1.37. The summed E-state index contributed by atoms with van der Waals surface area (Å²) in [6.07, 6.45) is 3.59. The number of hydrogen-bond donors (Lipinski definition) is 1. The van der Waals surface area contributed by atoms with E-state index in [-0.39, 0.29) is 11.4 Å². The summed E-state index contributed by atoms with van der Waals surface area (Å²) in [6, 6.07) is 15.3.